The maximum atomic E-state index is 11.1. The van der Waals surface area contributed by atoms with Crippen LogP contribution in [0.5, 0.6) is 0 Å². The highest BCUT2D eigenvalue weighted by Gasteiger charge is 2.17. The molecule has 1 aromatic heterocycles. The van der Waals surface area contributed by atoms with Crippen LogP contribution in [0, 0.1) is 0 Å². The summed E-state index contributed by atoms with van der Waals surface area (Å²) in [5.74, 6) is 0.378. The van der Waals surface area contributed by atoms with Crippen molar-refractivity contribution in [2.45, 2.75) is 52.2 Å². The van der Waals surface area contributed by atoms with E-state index in [0.717, 1.165) is 0 Å². The smallest absolute Gasteiger partial charge is 0.307 e. The Labute approximate surface area is 107 Å². The number of aromatic nitrogens is 4. The summed E-state index contributed by atoms with van der Waals surface area (Å²) in [5.41, 5.74) is -0.178. The van der Waals surface area contributed by atoms with Gasteiger partial charge in [-0.2, -0.15) is 4.80 Å². The summed E-state index contributed by atoms with van der Waals surface area (Å²) >= 11 is 0. The van der Waals surface area contributed by atoms with Gasteiger partial charge in [-0.05, 0) is 32.9 Å². The SMILES string of the molecule is COC(=O)C[C@@H](C)NCc1nnn(C(C)(C)C)n1. The Kier molecular flexibility index (Phi) is 4.77. The molecule has 0 spiro atoms. The van der Waals surface area contributed by atoms with Gasteiger partial charge in [0.1, 0.15) is 0 Å². The average molecular weight is 255 g/mol. The van der Waals surface area contributed by atoms with Crippen molar-refractivity contribution >= 4 is 5.97 Å². The molecule has 1 rings (SSSR count). The summed E-state index contributed by atoms with van der Waals surface area (Å²) in [6.07, 6.45) is 0.323. The fourth-order valence-electron chi connectivity index (χ4n) is 1.27. The van der Waals surface area contributed by atoms with E-state index in [9.17, 15) is 4.79 Å². The van der Waals surface area contributed by atoms with Gasteiger partial charge in [-0.3, -0.25) is 4.79 Å². The fraction of sp³-hybridized carbons (Fsp3) is 0.818. The first-order valence-corrected chi connectivity index (χ1v) is 5.92. The second kappa shape index (κ2) is 5.90. The molecule has 0 aliphatic heterocycles. The summed E-state index contributed by atoms with van der Waals surface area (Å²) in [6, 6.07) is 0.0130. The van der Waals surface area contributed by atoms with Gasteiger partial charge in [-0.25, -0.2) is 0 Å². The summed E-state index contributed by atoms with van der Waals surface area (Å²) in [7, 11) is 1.38. The molecule has 18 heavy (non-hydrogen) atoms. The summed E-state index contributed by atoms with van der Waals surface area (Å²) in [4.78, 5) is 12.6. The van der Waals surface area contributed by atoms with Gasteiger partial charge >= 0.3 is 5.97 Å². The quantitative estimate of drug-likeness (QED) is 0.770. The van der Waals surface area contributed by atoms with Crippen LogP contribution in [0.4, 0.5) is 0 Å². The number of hydrogen-bond acceptors (Lipinski definition) is 6. The Morgan fingerprint density at radius 2 is 2.17 bits per heavy atom. The lowest BCUT2D eigenvalue weighted by molar-refractivity contribution is -0.141. The minimum atomic E-state index is -0.235. The number of carbonyl (C=O) groups is 1. The molecule has 1 atom stereocenters. The van der Waals surface area contributed by atoms with Crippen molar-refractivity contribution in [3.8, 4) is 0 Å². The molecule has 102 valence electrons. The van der Waals surface area contributed by atoms with Crippen molar-refractivity contribution in [3.05, 3.63) is 5.82 Å². The molecule has 7 nitrogen and oxygen atoms in total. The minimum absolute atomic E-state index is 0.0130. The van der Waals surface area contributed by atoms with Gasteiger partial charge in [-0.15, -0.1) is 10.2 Å². The number of methoxy groups -OCH3 is 1. The topological polar surface area (TPSA) is 81.9 Å². The van der Waals surface area contributed by atoms with Crippen LogP contribution < -0.4 is 5.32 Å². The first-order valence-electron chi connectivity index (χ1n) is 5.92. The van der Waals surface area contributed by atoms with Crippen LogP contribution in [-0.4, -0.2) is 39.3 Å². The number of nitrogens with one attached hydrogen (secondary N) is 1. The number of esters is 1. The Hall–Kier alpha value is -1.50. The number of rotatable bonds is 5. The maximum absolute atomic E-state index is 11.1. The molecule has 0 unspecified atom stereocenters. The lowest BCUT2D eigenvalue weighted by Crippen LogP contribution is -2.29. The van der Waals surface area contributed by atoms with Crippen LogP contribution >= 0.6 is 0 Å². The van der Waals surface area contributed by atoms with E-state index in [1.807, 2.05) is 27.7 Å². The van der Waals surface area contributed by atoms with E-state index >= 15 is 0 Å². The monoisotopic (exact) mass is 255 g/mol. The molecule has 0 aliphatic carbocycles. The van der Waals surface area contributed by atoms with Crippen molar-refractivity contribution in [2.75, 3.05) is 7.11 Å². The number of hydrogen-bond donors (Lipinski definition) is 1. The predicted molar refractivity (Wildman–Crippen MR) is 65.7 cm³/mol. The van der Waals surface area contributed by atoms with Gasteiger partial charge in [0.25, 0.3) is 0 Å². The number of carbonyl (C=O) groups excluding carboxylic acids is 1. The Morgan fingerprint density at radius 3 is 2.67 bits per heavy atom. The Morgan fingerprint density at radius 1 is 1.50 bits per heavy atom. The van der Waals surface area contributed by atoms with E-state index in [0.29, 0.717) is 18.8 Å². The molecule has 0 aromatic carbocycles. The molecule has 1 N–H and O–H groups in total. The number of ether oxygens (including phenoxy) is 1. The molecule has 0 amide bonds. The molecule has 1 heterocycles. The van der Waals surface area contributed by atoms with Crippen LogP contribution in [0.2, 0.25) is 0 Å². The lowest BCUT2D eigenvalue weighted by Gasteiger charge is -2.15. The molecule has 0 radical (unpaired) electrons. The van der Waals surface area contributed by atoms with Crippen LogP contribution in [0.3, 0.4) is 0 Å². The second-order valence-corrected chi connectivity index (χ2v) is 5.23. The second-order valence-electron chi connectivity index (χ2n) is 5.23. The summed E-state index contributed by atoms with van der Waals surface area (Å²) in [6.45, 7) is 8.41. The van der Waals surface area contributed by atoms with Crippen LogP contribution in [0.1, 0.15) is 39.9 Å². The van der Waals surface area contributed by atoms with Crippen molar-refractivity contribution in [3.63, 3.8) is 0 Å². The van der Waals surface area contributed by atoms with Gasteiger partial charge < -0.3 is 10.1 Å². The highest BCUT2D eigenvalue weighted by molar-refractivity contribution is 5.69. The van der Waals surface area contributed by atoms with E-state index < -0.39 is 0 Å². The zero-order valence-electron chi connectivity index (χ0n) is 11.6. The van der Waals surface area contributed by atoms with Crippen molar-refractivity contribution in [1.82, 2.24) is 25.5 Å². The first kappa shape index (κ1) is 14.6. The summed E-state index contributed by atoms with van der Waals surface area (Å²) in [5, 5.41) is 15.4. The third-order valence-corrected chi connectivity index (χ3v) is 2.36. The largest absolute Gasteiger partial charge is 0.469 e. The van der Waals surface area contributed by atoms with Crippen LogP contribution in [0.25, 0.3) is 0 Å². The van der Waals surface area contributed by atoms with Gasteiger partial charge in [0.05, 0.1) is 25.6 Å². The predicted octanol–water partition coefficient (Wildman–Crippen LogP) is 0.469. The molecular weight excluding hydrogens is 234 g/mol. The highest BCUT2D eigenvalue weighted by Crippen LogP contribution is 2.09. The van der Waals surface area contributed by atoms with Crippen molar-refractivity contribution in [1.29, 1.82) is 0 Å². The molecule has 0 bridgehead atoms. The standard InChI is InChI=1S/C11H21N5O2/c1-8(6-10(17)18-5)12-7-9-13-15-16(14-9)11(2,3)4/h8,12H,6-7H2,1-5H3/t8-/m1/s1. The van der Waals surface area contributed by atoms with E-state index in [2.05, 4.69) is 25.5 Å². The van der Waals surface area contributed by atoms with Gasteiger partial charge in [-0.1, -0.05) is 0 Å². The third kappa shape index (κ3) is 4.40. The Balaban J connectivity index is 2.44. The third-order valence-electron chi connectivity index (χ3n) is 2.36. The van der Waals surface area contributed by atoms with Crippen molar-refractivity contribution in [2.24, 2.45) is 0 Å². The maximum Gasteiger partial charge on any atom is 0.307 e. The van der Waals surface area contributed by atoms with E-state index in [4.69, 9.17) is 0 Å². The van der Waals surface area contributed by atoms with Crippen LogP contribution in [0.15, 0.2) is 0 Å². The lowest BCUT2D eigenvalue weighted by atomic mass is 10.1. The fourth-order valence-corrected chi connectivity index (χ4v) is 1.27. The van der Waals surface area contributed by atoms with Gasteiger partial charge in [0.2, 0.25) is 0 Å². The van der Waals surface area contributed by atoms with Gasteiger partial charge in [0.15, 0.2) is 5.82 Å². The highest BCUT2D eigenvalue weighted by atomic mass is 16.5. The van der Waals surface area contributed by atoms with Gasteiger partial charge in [0, 0.05) is 6.04 Å². The molecule has 0 aliphatic rings. The number of tetrazole rings is 1. The molecule has 1 aromatic rings. The summed E-state index contributed by atoms with van der Waals surface area (Å²) < 4.78 is 4.60. The van der Waals surface area contributed by atoms with Crippen LogP contribution in [-0.2, 0) is 21.6 Å². The van der Waals surface area contributed by atoms with E-state index in [1.54, 1.807) is 4.80 Å². The molecule has 0 saturated carbocycles. The average Bonchev–Trinajstić information content (AvgIpc) is 2.74. The first-order chi connectivity index (χ1) is 8.32. The normalized spacial score (nSPS) is 13.4. The molecular formula is C11H21N5O2. The van der Waals surface area contributed by atoms with E-state index in [1.165, 1.54) is 7.11 Å². The molecule has 7 heteroatoms. The number of nitrogens with zero attached hydrogens (tertiary/aromatic N) is 4. The Bertz CT molecular complexity index is 396. The van der Waals surface area contributed by atoms with E-state index in [-0.39, 0.29) is 17.6 Å². The minimum Gasteiger partial charge on any atom is -0.469 e. The zero-order valence-corrected chi connectivity index (χ0v) is 11.6. The molecule has 0 fully saturated rings. The van der Waals surface area contributed by atoms with Crippen molar-refractivity contribution < 1.29 is 9.53 Å². The zero-order chi connectivity index (χ0) is 13.8. The molecule has 0 saturated heterocycles.